The van der Waals surface area contributed by atoms with E-state index in [-0.39, 0.29) is 40.7 Å². The lowest BCUT2D eigenvalue weighted by atomic mass is 9.75. The van der Waals surface area contributed by atoms with Gasteiger partial charge >= 0.3 is 0 Å². The molecular weight excluding hydrogens is 558 g/mol. The molecule has 2 fully saturated rings. The fourth-order valence-corrected chi connectivity index (χ4v) is 6.09. The molecule has 1 saturated carbocycles. The van der Waals surface area contributed by atoms with E-state index in [4.69, 9.17) is 5.73 Å². The third-order valence-corrected chi connectivity index (χ3v) is 8.30. The molecule has 1 saturated heterocycles. The molecule has 3 N–H and O–H groups in total. The van der Waals surface area contributed by atoms with E-state index in [9.17, 15) is 27.2 Å². The van der Waals surface area contributed by atoms with Gasteiger partial charge < -0.3 is 11.1 Å². The van der Waals surface area contributed by atoms with Crippen LogP contribution in [-0.2, 0) is 4.79 Å². The summed E-state index contributed by atoms with van der Waals surface area (Å²) in [6.07, 6.45) is 5.19. The molecule has 1 amide bonds. The largest absolute Gasteiger partial charge is 0.383 e. The lowest BCUT2D eigenvalue weighted by Gasteiger charge is -2.28. The number of benzene rings is 3. The Bertz CT molecular complexity index is 1540. The van der Waals surface area contributed by atoms with Crippen LogP contribution in [0.25, 0.3) is 12.2 Å². The fourth-order valence-electron chi connectivity index (χ4n) is 6.09. The average molecular weight is 592 g/mol. The van der Waals surface area contributed by atoms with Gasteiger partial charge in [0.2, 0.25) is 5.91 Å². The molecule has 224 valence electrons. The number of primary amides is 1. The van der Waals surface area contributed by atoms with Crippen LogP contribution in [0, 0.1) is 23.3 Å². The molecule has 1 aliphatic heterocycles. The highest BCUT2D eigenvalue weighted by Crippen LogP contribution is 2.41. The number of Topliss-reactive ketones (excluding diaryl/α,β-unsaturated/α-hetero) is 1. The smallest absolute Gasteiger partial charge is 0.248 e. The number of carbonyl (C=O) groups excluding carboxylic acids is 2. The lowest BCUT2D eigenvalue weighted by molar-refractivity contribution is -0.113. The highest BCUT2D eigenvalue weighted by molar-refractivity contribution is 6.14. The second-order valence-corrected chi connectivity index (χ2v) is 11.1. The number of carbonyl (C=O) groups is 2. The summed E-state index contributed by atoms with van der Waals surface area (Å²) in [4.78, 5) is 28.6. The van der Waals surface area contributed by atoms with Gasteiger partial charge in [-0.15, -0.1) is 0 Å². The van der Waals surface area contributed by atoms with Crippen molar-refractivity contribution >= 4 is 29.5 Å². The van der Waals surface area contributed by atoms with Gasteiger partial charge in [0, 0.05) is 58.2 Å². The molecule has 9 heteroatoms. The third-order valence-electron chi connectivity index (χ3n) is 8.30. The monoisotopic (exact) mass is 591 g/mol. The predicted octanol–water partition coefficient (Wildman–Crippen LogP) is 6.85. The number of nitrogens with one attached hydrogen (secondary N) is 1. The minimum Gasteiger partial charge on any atom is -0.383 e. The van der Waals surface area contributed by atoms with Crippen molar-refractivity contribution in [1.29, 1.82) is 0 Å². The van der Waals surface area contributed by atoms with Crippen LogP contribution >= 0.6 is 0 Å². The van der Waals surface area contributed by atoms with E-state index < -0.39 is 40.9 Å². The maximum atomic E-state index is 14.6. The summed E-state index contributed by atoms with van der Waals surface area (Å²) < 4.78 is 56.3. The normalized spacial score (nSPS) is 21.1. The minimum absolute atomic E-state index is 0.0142. The first-order valence-electron chi connectivity index (χ1n) is 14.4. The number of hydrogen-bond acceptors (Lipinski definition) is 4. The van der Waals surface area contributed by atoms with Gasteiger partial charge in [0.15, 0.2) is 5.78 Å². The number of allylic oxidation sites excluding steroid dienone is 2. The number of ketones is 1. The van der Waals surface area contributed by atoms with Crippen molar-refractivity contribution in [2.45, 2.75) is 44.6 Å². The molecule has 0 radical (unpaired) electrons. The van der Waals surface area contributed by atoms with E-state index >= 15 is 0 Å². The van der Waals surface area contributed by atoms with Crippen molar-refractivity contribution in [3.63, 3.8) is 0 Å². The molecule has 1 heterocycles. The summed E-state index contributed by atoms with van der Waals surface area (Å²) in [6.45, 7) is 4.87. The Hall–Kier alpha value is -4.24. The molecule has 0 aromatic heterocycles. The van der Waals surface area contributed by atoms with Crippen LogP contribution in [0.2, 0.25) is 0 Å². The van der Waals surface area contributed by atoms with Gasteiger partial charge in [0.1, 0.15) is 23.3 Å². The van der Waals surface area contributed by atoms with Gasteiger partial charge in [0.25, 0.3) is 0 Å². The standard InChI is InChI=1S/C34H33F4N3O2/c1-2-41-11-3-4-28(41)19-40-27-9-10-29(34(39)43)30(18-27)22-14-23(12-20-5-7-25(35)16-31(20)37)33(42)24(15-22)13-21-6-8-26(36)17-32(21)38/h5-10,12-13,16-18,22,28,40H,2-4,11,14-15,19H2,1H3,(H2,39,43)/b23-12+,24-13+. The predicted molar refractivity (Wildman–Crippen MR) is 159 cm³/mol. The molecule has 5 nitrogen and oxygen atoms in total. The number of nitrogens with zero attached hydrogens (tertiary/aromatic N) is 1. The van der Waals surface area contributed by atoms with Crippen molar-refractivity contribution in [2.75, 3.05) is 25.0 Å². The van der Waals surface area contributed by atoms with Crippen molar-refractivity contribution < 1.29 is 27.2 Å². The number of halogens is 4. The van der Waals surface area contributed by atoms with E-state index in [0.717, 1.165) is 62.4 Å². The van der Waals surface area contributed by atoms with Gasteiger partial charge in [-0.25, -0.2) is 17.6 Å². The maximum absolute atomic E-state index is 14.6. The minimum atomic E-state index is -0.838. The summed E-state index contributed by atoms with van der Waals surface area (Å²) >= 11 is 0. The molecule has 43 heavy (non-hydrogen) atoms. The summed E-state index contributed by atoms with van der Waals surface area (Å²) in [6, 6.07) is 11.8. The molecule has 3 aromatic rings. The first kappa shape index (κ1) is 30.2. The van der Waals surface area contributed by atoms with E-state index in [1.54, 1.807) is 12.1 Å². The summed E-state index contributed by atoms with van der Waals surface area (Å²) in [5.74, 6) is -4.73. The summed E-state index contributed by atoms with van der Waals surface area (Å²) in [7, 11) is 0. The Labute approximate surface area is 248 Å². The van der Waals surface area contributed by atoms with Crippen LogP contribution in [0.3, 0.4) is 0 Å². The first-order valence-corrected chi connectivity index (χ1v) is 14.4. The number of amides is 1. The summed E-state index contributed by atoms with van der Waals surface area (Å²) in [5, 5.41) is 3.47. The van der Waals surface area contributed by atoms with Crippen LogP contribution < -0.4 is 11.1 Å². The molecule has 1 aliphatic carbocycles. The third kappa shape index (κ3) is 6.88. The highest BCUT2D eigenvalue weighted by atomic mass is 19.1. The van der Waals surface area contributed by atoms with E-state index in [0.29, 0.717) is 11.6 Å². The zero-order chi connectivity index (χ0) is 30.7. The first-order chi connectivity index (χ1) is 20.6. The highest BCUT2D eigenvalue weighted by Gasteiger charge is 2.32. The van der Waals surface area contributed by atoms with Crippen LogP contribution in [0.4, 0.5) is 23.2 Å². The van der Waals surface area contributed by atoms with E-state index in [1.807, 2.05) is 6.07 Å². The molecule has 2 aliphatic rings. The number of anilines is 1. The Morgan fingerprint density at radius 3 is 2.07 bits per heavy atom. The SMILES string of the molecule is CCN1CCCC1CNc1ccc(C(N)=O)c(C2C/C(=C\c3ccc(F)cc3F)C(=O)/C(=C/c3ccc(F)cc3F)C2)c1. The molecule has 5 rings (SSSR count). The van der Waals surface area contributed by atoms with Gasteiger partial charge in [-0.05, 0) is 105 Å². The van der Waals surface area contributed by atoms with Crippen LogP contribution in [0.5, 0.6) is 0 Å². The van der Waals surface area contributed by atoms with Crippen molar-refractivity contribution in [3.05, 3.63) is 111 Å². The van der Waals surface area contributed by atoms with Gasteiger partial charge in [-0.3, -0.25) is 14.5 Å². The average Bonchev–Trinajstić information content (AvgIpc) is 3.44. The topological polar surface area (TPSA) is 75.4 Å². The van der Waals surface area contributed by atoms with Gasteiger partial charge in [-0.1, -0.05) is 6.92 Å². The zero-order valence-electron chi connectivity index (χ0n) is 23.8. The van der Waals surface area contributed by atoms with Crippen LogP contribution in [0.15, 0.2) is 65.7 Å². The second-order valence-electron chi connectivity index (χ2n) is 11.1. The Morgan fingerprint density at radius 2 is 1.53 bits per heavy atom. The van der Waals surface area contributed by atoms with Crippen molar-refractivity contribution in [1.82, 2.24) is 4.90 Å². The number of nitrogens with two attached hydrogens (primary N) is 1. The molecule has 0 bridgehead atoms. The van der Waals surface area contributed by atoms with Crippen LogP contribution in [0.1, 0.15) is 65.6 Å². The molecule has 1 unspecified atom stereocenters. The maximum Gasteiger partial charge on any atom is 0.248 e. The Kier molecular flexibility index (Phi) is 9.11. The number of hydrogen-bond donors (Lipinski definition) is 2. The van der Waals surface area contributed by atoms with Gasteiger partial charge in [0.05, 0.1) is 0 Å². The summed E-state index contributed by atoms with van der Waals surface area (Å²) in [5.41, 5.74) is 7.85. The molecule has 1 atom stereocenters. The van der Waals surface area contributed by atoms with Crippen molar-refractivity contribution in [3.8, 4) is 0 Å². The van der Waals surface area contributed by atoms with Gasteiger partial charge in [-0.2, -0.15) is 0 Å². The second kappa shape index (κ2) is 13.0. The number of likely N-dealkylation sites (N-methyl/N-ethyl adjacent to an activating group) is 1. The van der Waals surface area contributed by atoms with Crippen molar-refractivity contribution in [2.24, 2.45) is 5.73 Å². The number of likely N-dealkylation sites (tertiary alicyclic amines) is 1. The molecule has 0 spiro atoms. The number of rotatable bonds is 8. The lowest BCUT2D eigenvalue weighted by Crippen LogP contribution is -2.34. The van der Waals surface area contributed by atoms with Crippen LogP contribution in [-0.4, -0.2) is 42.3 Å². The zero-order valence-corrected chi connectivity index (χ0v) is 23.8. The van der Waals surface area contributed by atoms with E-state index in [1.165, 1.54) is 24.3 Å². The fraction of sp³-hybridized carbons (Fsp3) is 0.294. The quantitative estimate of drug-likeness (QED) is 0.222. The molecule has 3 aromatic carbocycles. The Balaban J connectivity index is 1.54. The van der Waals surface area contributed by atoms with E-state index in [2.05, 4.69) is 17.1 Å². The molecular formula is C34H33F4N3O2. The Morgan fingerprint density at radius 1 is 0.930 bits per heavy atom.